The quantitative estimate of drug-likeness (QED) is 0.867. The SMILES string of the molecule is Cl.O=C(NC1CCN(c2ccc(F)c(Cl)c2)C1=O)C1CNC1. The lowest BCUT2D eigenvalue weighted by Crippen LogP contribution is -2.54. The number of rotatable bonds is 3. The highest BCUT2D eigenvalue weighted by atomic mass is 35.5. The summed E-state index contributed by atoms with van der Waals surface area (Å²) in [5.41, 5.74) is 0.549. The van der Waals surface area contributed by atoms with Crippen molar-refractivity contribution in [3.8, 4) is 0 Å². The van der Waals surface area contributed by atoms with E-state index in [9.17, 15) is 14.0 Å². The fraction of sp³-hybridized carbons (Fsp3) is 0.429. The number of carbonyl (C=O) groups excluding carboxylic acids is 2. The van der Waals surface area contributed by atoms with Crippen LogP contribution in [0.25, 0.3) is 0 Å². The Kier molecular flexibility index (Phi) is 5.26. The molecule has 0 radical (unpaired) electrons. The Bertz CT molecular complexity index is 595. The Morgan fingerprint density at radius 3 is 2.73 bits per heavy atom. The number of anilines is 1. The van der Waals surface area contributed by atoms with Crippen LogP contribution in [0.1, 0.15) is 6.42 Å². The number of nitrogens with zero attached hydrogens (tertiary/aromatic N) is 1. The van der Waals surface area contributed by atoms with Crippen molar-refractivity contribution in [1.29, 1.82) is 0 Å². The molecule has 0 saturated carbocycles. The number of nitrogens with one attached hydrogen (secondary N) is 2. The molecule has 0 bridgehead atoms. The minimum atomic E-state index is -0.519. The van der Waals surface area contributed by atoms with Gasteiger partial charge in [0.25, 0.3) is 0 Å². The number of hydrogen-bond donors (Lipinski definition) is 2. The maximum Gasteiger partial charge on any atom is 0.249 e. The van der Waals surface area contributed by atoms with Crippen LogP contribution in [-0.4, -0.2) is 37.5 Å². The van der Waals surface area contributed by atoms with Gasteiger partial charge in [0.15, 0.2) is 0 Å². The molecule has 0 aromatic heterocycles. The lowest BCUT2D eigenvalue weighted by Gasteiger charge is -2.27. The van der Waals surface area contributed by atoms with Gasteiger partial charge in [-0.05, 0) is 24.6 Å². The minimum Gasteiger partial charge on any atom is -0.344 e. The molecule has 2 N–H and O–H groups in total. The van der Waals surface area contributed by atoms with Crippen molar-refractivity contribution in [2.24, 2.45) is 5.92 Å². The Morgan fingerprint density at radius 1 is 1.41 bits per heavy atom. The number of amides is 2. The van der Waals surface area contributed by atoms with Crippen molar-refractivity contribution in [2.75, 3.05) is 24.5 Å². The van der Waals surface area contributed by atoms with E-state index in [-0.39, 0.29) is 35.2 Å². The number of hydrogen-bond acceptors (Lipinski definition) is 3. The first-order valence-electron chi connectivity index (χ1n) is 6.84. The molecule has 2 aliphatic heterocycles. The molecule has 2 saturated heterocycles. The summed E-state index contributed by atoms with van der Waals surface area (Å²) >= 11 is 5.74. The standard InChI is InChI=1S/C14H15ClFN3O2.ClH/c15-10-5-9(1-2-11(10)16)19-4-3-12(14(19)21)18-13(20)8-6-17-7-8;/h1-2,5,8,12,17H,3-4,6-7H2,(H,18,20);1H. The summed E-state index contributed by atoms with van der Waals surface area (Å²) in [6.45, 7) is 1.79. The van der Waals surface area contributed by atoms with Crippen LogP contribution >= 0.6 is 24.0 Å². The van der Waals surface area contributed by atoms with Gasteiger partial charge < -0.3 is 15.5 Å². The van der Waals surface area contributed by atoms with Crippen LogP contribution in [0.15, 0.2) is 18.2 Å². The van der Waals surface area contributed by atoms with Gasteiger partial charge >= 0.3 is 0 Å². The zero-order valence-corrected chi connectivity index (χ0v) is 13.2. The lowest BCUT2D eigenvalue weighted by molar-refractivity contribution is -0.130. The third-order valence-electron chi connectivity index (χ3n) is 3.89. The largest absolute Gasteiger partial charge is 0.344 e. The summed E-state index contributed by atoms with van der Waals surface area (Å²) in [4.78, 5) is 25.7. The van der Waals surface area contributed by atoms with Crippen molar-refractivity contribution >= 4 is 41.5 Å². The van der Waals surface area contributed by atoms with Crippen molar-refractivity contribution in [3.63, 3.8) is 0 Å². The molecule has 3 rings (SSSR count). The van der Waals surface area contributed by atoms with Crippen LogP contribution in [0.5, 0.6) is 0 Å². The van der Waals surface area contributed by atoms with Gasteiger partial charge in [-0.1, -0.05) is 11.6 Å². The van der Waals surface area contributed by atoms with Crippen LogP contribution < -0.4 is 15.5 Å². The second-order valence-electron chi connectivity index (χ2n) is 5.29. The molecule has 2 fully saturated rings. The summed E-state index contributed by atoms with van der Waals surface area (Å²) in [5.74, 6) is -0.842. The summed E-state index contributed by atoms with van der Waals surface area (Å²) < 4.78 is 13.2. The molecule has 2 aliphatic rings. The summed E-state index contributed by atoms with van der Waals surface area (Å²) in [7, 11) is 0. The maximum absolute atomic E-state index is 13.2. The molecule has 8 heteroatoms. The molecule has 22 heavy (non-hydrogen) atoms. The summed E-state index contributed by atoms with van der Waals surface area (Å²) in [6, 6.07) is 3.66. The molecule has 1 unspecified atom stereocenters. The average molecular weight is 348 g/mol. The van der Waals surface area contributed by atoms with E-state index in [0.717, 1.165) is 0 Å². The molecular weight excluding hydrogens is 332 g/mol. The van der Waals surface area contributed by atoms with Crippen molar-refractivity contribution < 1.29 is 14.0 Å². The first-order chi connectivity index (χ1) is 10.1. The predicted octanol–water partition coefficient (Wildman–Crippen LogP) is 1.34. The Hall–Kier alpha value is -1.37. The Labute approximate surface area is 138 Å². The molecule has 1 atom stereocenters. The molecule has 0 spiro atoms. The Balaban J connectivity index is 0.00000176. The van der Waals surface area contributed by atoms with E-state index in [0.29, 0.717) is 31.7 Å². The van der Waals surface area contributed by atoms with Crippen molar-refractivity contribution in [1.82, 2.24) is 10.6 Å². The van der Waals surface area contributed by atoms with Crippen LogP contribution in [-0.2, 0) is 9.59 Å². The van der Waals surface area contributed by atoms with Crippen LogP contribution in [0.3, 0.4) is 0 Å². The lowest BCUT2D eigenvalue weighted by atomic mass is 10.0. The molecule has 2 heterocycles. The maximum atomic E-state index is 13.2. The molecule has 1 aromatic rings. The Morgan fingerprint density at radius 2 is 2.14 bits per heavy atom. The van der Waals surface area contributed by atoms with E-state index in [1.54, 1.807) is 0 Å². The van der Waals surface area contributed by atoms with Crippen LogP contribution in [0.2, 0.25) is 5.02 Å². The second-order valence-corrected chi connectivity index (χ2v) is 5.70. The normalized spacial score (nSPS) is 21.3. The number of benzene rings is 1. The van der Waals surface area contributed by atoms with Crippen LogP contribution in [0.4, 0.5) is 10.1 Å². The minimum absolute atomic E-state index is 0. The van der Waals surface area contributed by atoms with Gasteiger partial charge in [0.1, 0.15) is 11.9 Å². The summed E-state index contributed by atoms with van der Waals surface area (Å²) in [5, 5.41) is 5.78. The van der Waals surface area contributed by atoms with Crippen LogP contribution in [0, 0.1) is 11.7 Å². The van der Waals surface area contributed by atoms with Crippen molar-refractivity contribution in [3.05, 3.63) is 29.0 Å². The van der Waals surface area contributed by atoms with Gasteiger partial charge in [-0.15, -0.1) is 12.4 Å². The first-order valence-corrected chi connectivity index (χ1v) is 7.21. The average Bonchev–Trinajstić information content (AvgIpc) is 2.72. The highest BCUT2D eigenvalue weighted by Crippen LogP contribution is 2.26. The van der Waals surface area contributed by atoms with Gasteiger partial charge in [-0.2, -0.15) is 0 Å². The fourth-order valence-corrected chi connectivity index (χ4v) is 2.66. The molecule has 5 nitrogen and oxygen atoms in total. The monoisotopic (exact) mass is 347 g/mol. The number of carbonyl (C=O) groups is 2. The third-order valence-corrected chi connectivity index (χ3v) is 4.18. The van der Waals surface area contributed by atoms with Gasteiger partial charge in [0, 0.05) is 25.3 Å². The highest BCUT2D eigenvalue weighted by molar-refractivity contribution is 6.31. The third kappa shape index (κ3) is 3.19. The zero-order chi connectivity index (χ0) is 15.0. The van der Waals surface area contributed by atoms with E-state index < -0.39 is 11.9 Å². The van der Waals surface area contributed by atoms with E-state index in [4.69, 9.17) is 11.6 Å². The predicted molar refractivity (Wildman–Crippen MR) is 83.9 cm³/mol. The van der Waals surface area contributed by atoms with E-state index in [1.165, 1.54) is 23.1 Å². The molecular formula is C14H16Cl2FN3O2. The topological polar surface area (TPSA) is 61.4 Å². The first kappa shape index (κ1) is 17.0. The molecule has 1 aromatic carbocycles. The summed E-state index contributed by atoms with van der Waals surface area (Å²) in [6.07, 6.45) is 0.541. The van der Waals surface area contributed by atoms with Gasteiger partial charge in [0.05, 0.1) is 10.9 Å². The van der Waals surface area contributed by atoms with E-state index in [2.05, 4.69) is 10.6 Å². The van der Waals surface area contributed by atoms with Crippen molar-refractivity contribution in [2.45, 2.75) is 12.5 Å². The molecule has 0 aliphatic carbocycles. The van der Waals surface area contributed by atoms with Gasteiger partial charge in [0.2, 0.25) is 11.8 Å². The zero-order valence-electron chi connectivity index (χ0n) is 11.6. The second kappa shape index (κ2) is 6.81. The van der Waals surface area contributed by atoms with E-state index >= 15 is 0 Å². The smallest absolute Gasteiger partial charge is 0.249 e. The molecule has 120 valence electrons. The molecule has 2 amide bonds. The highest BCUT2D eigenvalue weighted by Gasteiger charge is 2.36. The van der Waals surface area contributed by atoms with Gasteiger partial charge in [-0.3, -0.25) is 9.59 Å². The van der Waals surface area contributed by atoms with Gasteiger partial charge in [-0.25, -0.2) is 4.39 Å². The van der Waals surface area contributed by atoms with E-state index in [1.807, 2.05) is 0 Å². The fourth-order valence-electron chi connectivity index (χ4n) is 2.49. The number of halogens is 3.